The van der Waals surface area contributed by atoms with Gasteiger partial charge in [-0.1, -0.05) is 26.7 Å². The second kappa shape index (κ2) is 7.25. The number of nitrogens with one attached hydrogen (secondary N) is 1. The number of carboxylic acids is 1. The summed E-state index contributed by atoms with van der Waals surface area (Å²) in [5.41, 5.74) is -0.845. The van der Waals surface area contributed by atoms with Crippen LogP contribution in [0.4, 0.5) is 0 Å². The molecular formula is C15H30N2O2. The van der Waals surface area contributed by atoms with Gasteiger partial charge >= 0.3 is 5.97 Å². The molecule has 1 saturated carbocycles. The van der Waals surface area contributed by atoms with Gasteiger partial charge in [0.2, 0.25) is 0 Å². The van der Waals surface area contributed by atoms with Crippen molar-refractivity contribution in [2.45, 2.75) is 64.5 Å². The summed E-state index contributed by atoms with van der Waals surface area (Å²) in [7, 11) is 2.07. The van der Waals surface area contributed by atoms with Gasteiger partial charge in [-0.05, 0) is 45.7 Å². The molecule has 112 valence electrons. The Morgan fingerprint density at radius 3 is 2.58 bits per heavy atom. The molecular weight excluding hydrogens is 240 g/mol. The van der Waals surface area contributed by atoms with Crippen LogP contribution in [-0.4, -0.2) is 47.7 Å². The fourth-order valence-electron chi connectivity index (χ4n) is 3.17. The lowest BCUT2D eigenvalue weighted by Gasteiger charge is -2.40. The average molecular weight is 270 g/mol. The van der Waals surface area contributed by atoms with Crippen LogP contribution in [0, 0.1) is 5.92 Å². The molecule has 1 fully saturated rings. The first-order valence-corrected chi connectivity index (χ1v) is 7.59. The van der Waals surface area contributed by atoms with Crippen LogP contribution < -0.4 is 5.32 Å². The fraction of sp³-hybridized carbons (Fsp3) is 0.933. The normalized spacial score (nSPS) is 27.2. The van der Waals surface area contributed by atoms with Crippen LogP contribution in [0.5, 0.6) is 0 Å². The van der Waals surface area contributed by atoms with Gasteiger partial charge in [-0.25, -0.2) is 0 Å². The average Bonchev–Trinajstić information content (AvgIpc) is 2.36. The minimum absolute atomic E-state index is 0.524. The summed E-state index contributed by atoms with van der Waals surface area (Å²) in [6.45, 7) is 7.46. The highest BCUT2D eigenvalue weighted by atomic mass is 16.4. The van der Waals surface area contributed by atoms with Gasteiger partial charge in [0.15, 0.2) is 0 Å². The van der Waals surface area contributed by atoms with Crippen molar-refractivity contribution in [1.29, 1.82) is 0 Å². The maximum Gasteiger partial charge on any atom is 0.324 e. The summed E-state index contributed by atoms with van der Waals surface area (Å²) in [4.78, 5) is 13.8. The highest BCUT2D eigenvalue weighted by Gasteiger charge is 2.36. The lowest BCUT2D eigenvalue weighted by molar-refractivity contribution is -0.145. The summed E-state index contributed by atoms with van der Waals surface area (Å²) in [6.07, 6.45) is 6.00. The largest absolute Gasteiger partial charge is 0.480 e. The maximum atomic E-state index is 11.5. The van der Waals surface area contributed by atoms with Gasteiger partial charge < -0.3 is 15.3 Å². The first-order chi connectivity index (χ1) is 8.90. The molecule has 1 aliphatic rings. The summed E-state index contributed by atoms with van der Waals surface area (Å²) in [5.74, 6) is -0.0840. The van der Waals surface area contributed by atoms with Crippen LogP contribution in [0.2, 0.25) is 0 Å². The monoisotopic (exact) mass is 270 g/mol. The van der Waals surface area contributed by atoms with Gasteiger partial charge in [0.25, 0.3) is 0 Å². The van der Waals surface area contributed by atoms with Crippen molar-refractivity contribution in [3.8, 4) is 0 Å². The molecule has 4 nitrogen and oxygen atoms in total. The first kappa shape index (κ1) is 16.4. The molecule has 0 aliphatic heterocycles. The fourth-order valence-corrected chi connectivity index (χ4v) is 3.17. The molecule has 3 atom stereocenters. The van der Waals surface area contributed by atoms with E-state index in [2.05, 4.69) is 31.1 Å². The molecule has 0 radical (unpaired) electrons. The zero-order valence-corrected chi connectivity index (χ0v) is 12.9. The number of aliphatic carboxylic acids is 1. The number of hydrogen-bond donors (Lipinski definition) is 2. The maximum absolute atomic E-state index is 11.5. The molecule has 0 bridgehead atoms. The third-order valence-corrected chi connectivity index (χ3v) is 4.44. The van der Waals surface area contributed by atoms with Gasteiger partial charge in [0, 0.05) is 12.6 Å². The Hall–Kier alpha value is -0.610. The molecule has 0 amide bonds. The van der Waals surface area contributed by atoms with Crippen LogP contribution in [0.3, 0.4) is 0 Å². The highest BCUT2D eigenvalue weighted by molar-refractivity contribution is 5.78. The van der Waals surface area contributed by atoms with Gasteiger partial charge in [-0.3, -0.25) is 4.79 Å². The second-order valence-electron chi connectivity index (χ2n) is 6.31. The molecule has 2 N–H and O–H groups in total. The van der Waals surface area contributed by atoms with Crippen molar-refractivity contribution in [1.82, 2.24) is 10.2 Å². The summed E-state index contributed by atoms with van der Waals surface area (Å²) in [6, 6.07) is 0.524. The Morgan fingerprint density at radius 2 is 2.05 bits per heavy atom. The molecule has 0 aromatic rings. The number of likely N-dealkylation sites (N-methyl/N-ethyl adjacent to an activating group) is 1. The molecule has 3 unspecified atom stereocenters. The van der Waals surface area contributed by atoms with E-state index >= 15 is 0 Å². The van der Waals surface area contributed by atoms with E-state index in [1.807, 2.05) is 0 Å². The quantitative estimate of drug-likeness (QED) is 0.745. The summed E-state index contributed by atoms with van der Waals surface area (Å²) in [5, 5.41) is 12.7. The summed E-state index contributed by atoms with van der Waals surface area (Å²) >= 11 is 0. The smallest absolute Gasteiger partial charge is 0.324 e. The third-order valence-electron chi connectivity index (χ3n) is 4.44. The highest BCUT2D eigenvalue weighted by Crippen LogP contribution is 2.28. The van der Waals surface area contributed by atoms with Crippen molar-refractivity contribution < 1.29 is 9.90 Å². The van der Waals surface area contributed by atoms with E-state index in [9.17, 15) is 9.90 Å². The van der Waals surface area contributed by atoms with Crippen molar-refractivity contribution in [3.63, 3.8) is 0 Å². The van der Waals surface area contributed by atoms with Crippen molar-refractivity contribution in [2.24, 2.45) is 5.92 Å². The topological polar surface area (TPSA) is 52.6 Å². The zero-order valence-electron chi connectivity index (χ0n) is 12.9. The lowest BCUT2D eigenvalue weighted by atomic mass is 9.84. The molecule has 0 aromatic heterocycles. The molecule has 1 aliphatic carbocycles. The van der Waals surface area contributed by atoms with E-state index in [0.717, 1.165) is 13.0 Å². The SMILES string of the molecule is CCCNC(C)(CN(C)C1CCCCC1C)C(=O)O. The first-order valence-electron chi connectivity index (χ1n) is 7.59. The van der Waals surface area contributed by atoms with Crippen molar-refractivity contribution in [3.05, 3.63) is 0 Å². The van der Waals surface area contributed by atoms with Crippen molar-refractivity contribution in [2.75, 3.05) is 20.1 Å². The molecule has 0 heterocycles. The third kappa shape index (κ3) is 4.46. The molecule has 0 saturated heterocycles. The minimum Gasteiger partial charge on any atom is -0.480 e. The Kier molecular flexibility index (Phi) is 6.27. The van der Waals surface area contributed by atoms with Gasteiger partial charge in [0.05, 0.1) is 0 Å². The predicted octanol–water partition coefficient (Wildman–Crippen LogP) is 2.34. The van der Waals surface area contributed by atoms with E-state index in [1.165, 1.54) is 25.7 Å². The Bertz CT molecular complexity index is 296. The van der Waals surface area contributed by atoms with E-state index in [1.54, 1.807) is 6.92 Å². The van der Waals surface area contributed by atoms with Crippen LogP contribution in [0.1, 0.15) is 52.9 Å². The van der Waals surface area contributed by atoms with Crippen LogP contribution in [0.15, 0.2) is 0 Å². The number of hydrogen-bond acceptors (Lipinski definition) is 3. The van der Waals surface area contributed by atoms with E-state index in [-0.39, 0.29) is 0 Å². The van der Waals surface area contributed by atoms with Crippen molar-refractivity contribution >= 4 is 5.97 Å². The van der Waals surface area contributed by atoms with Gasteiger partial charge in [-0.15, -0.1) is 0 Å². The van der Waals surface area contributed by atoms with Crippen LogP contribution in [-0.2, 0) is 4.79 Å². The molecule has 19 heavy (non-hydrogen) atoms. The van der Waals surface area contributed by atoms with E-state index in [0.29, 0.717) is 18.5 Å². The minimum atomic E-state index is -0.845. The van der Waals surface area contributed by atoms with E-state index < -0.39 is 11.5 Å². The van der Waals surface area contributed by atoms with Gasteiger partial charge in [0.1, 0.15) is 5.54 Å². The van der Waals surface area contributed by atoms with Crippen LogP contribution in [0.25, 0.3) is 0 Å². The second-order valence-corrected chi connectivity index (χ2v) is 6.31. The standard InChI is InChI=1S/C15H30N2O2/c1-5-10-16-15(3,14(18)19)11-17(4)13-9-7-6-8-12(13)2/h12-13,16H,5-11H2,1-4H3,(H,18,19). The van der Waals surface area contributed by atoms with Crippen LogP contribution >= 0.6 is 0 Å². The zero-order chi connectivity index (χ0) is 14.5. The number of carboxylic acid groups (broad SMARTS) is 1. The Balaban J connectivity index is 2.64. The lowest BCUT2D eigenvalue weighted by Crippen LogP contribution is -2.58. The molecule has 4 heteroatoms. The number of carbonyl (C=O) groups is 1. The Morgan fingerprint density at radius 1 is 1.42 bits per heavy atom. The predicted molar refractivity (Wildman–Crippen MR) is 78.4 cm³/mol. The van der Waals surface area contributed by atoms with Gasteiger partial charge in [-0.2, -0.15) is 0 Å². The number of rotatable bonds is 7. The summed E-state index contributed by atoms with van der Waals surface area (Å²) < 4.78 is 0. The molecule has 0 spiro atoms. The van der Waals surface area contributed by atoms with E-state index in [4.69, 9.17) is 0 Å². The molecule has 1 rings (SSSR count). The Labute approximate surface area is 117 Å². The molecule has 0 aromatic carbocycles. The number of nitrogens with zero attached hydrogens (tertiary/aromatic N) is 1.